The van der Waals surface area contributed by atoms with Crippen LogP contribution in [0.2, 0.25) is 0 Å². The molecule has 0 spiro atoms. The molecule has 1 unspecified atom stereocenters. The molecule has 0 aliphatic carbocycles. The minimum atomic E-state index is -0.618. The number of aromatic hydroxyl groups is 1. The third kappa shape index (κ3) is 5.82. The molecule has 0 bridgehead atoms. The van der Waals surface area contributed by atoms with Gasteiger partial charge in [0.15, 0.2) is 6.10 Å². The van der Waals surface area contributed by atoms with Crippen LogP contribution in [0.3, 0.4) is 0 Å². The normalized spacial score (nSPS) is 12.5. The van der Waals surface area contributed by atoms with Gasteiger partial charge in [0, 0.05) is 0 Å². The van der Waals surface area contributed by atoms with Crippen molar-refractivity contribution in [2.75, 3.05) is 5.32 Å². The number of anilines is 1. The van der Waals surface area contributed by atoms with E-state index >= 15 is 0 Å². The number of nitrogens with one attached hydrogen (secondary N) is 1. The van der Waals surface area contributed by atoms with Crippen LogP contribution in [0, 0.1) is 5.41 Å². The summed E-state index contributed by atoms with van der Waals surface area (Å²) in [6.45, 7) is 8.50. The summed E-state index contributed by atoms with van der Waals surface area (Å²) in [5.74, 6) is 0.428. The van der Waals surface area contributed by atoms with Crippen molar-refractivity contribution in [2.45, 2.75) is 46.6 Å². The number of para-hydroxylation sites is 2. The highest BCUT2D eigenvalue weighted by atomic mass is 16.5. The van der Waals surface area contributed by atoms with Crippen LogP contribution in [0.15, 0.2) is 48.5 Å². The highest BCUT2D eigenvalue weighted by molar-refractivity contribution is 5.95. The molecule has 2 aromatic carbocycles. The SMILES string of the molecule is CCC(Oc1ccc(CC(C)(C)C)cc1)C(=O)Nc1ccccc1O. The zero-order chi connectivity index (χ0) is 18.4. The molecular formula is C21H27NO3. The van der Waals surface area contributed by atoms with Gasteiger partial charge in [-0.3, -0.25) is 4.79 Å². The zero-order valence-corrected chi connectivity index (χ0v) is 15.4. The first-order valence-electron chi connectivity index (χ1n) is 8.63. The fourth-order valence-electron chi connectivity index (χ4n) is 2.58. The highest BCUT2D eigenvalue weighted by Gasteiger charge is 2.19. The second kappa shape index (κ2) is 8.06. The Morgan fingerprint density at radius 3 is 2.32 bits per heavy atom. The molecule has 0 aliphatic heterocycles. The van der Waals surface area contributed by atoms with E-state index in [1.54, 1.807) is 18.2 Å². The topological polar surface area (TPSA) is 58.6 Å². The lowest BCUT2D eigenvalue weighted by Gasteiger charge is -2.20. The first kappa shape index (κ1) is 18.8. The molecule has 0 fully saturated rings. The lowest BCUT2D eigenvalue weighted by molar-refractivity contribution is -0.122. The maximum Gasteiger partial charge on any atom is 0.265 e. The summed E-state index contributed by atoms with van der Waals surface area (Å²) in [5, 5.41) is 12.5. The Bertz CT molecular complexity index is 702. The van der Waals surface area contributed by atoms with Crippen LogP contribution in [0.25, 0.3) is 0 Å². The van der Waals surface area contributed by atoms with Gasteiger partial charge in [-0.05, 0) is 48.1 Å². The maximum atomic E-state index is 12.4. The second-order valence-electron chi connectivity index (χ2n) is 7.40. The van der Waals surface area contributed by atoms with Crippen LogP contribution in [0.5, 0.6) is 11.5 Å². The molecule has 25 heavy (non-hydrogen) atoms. The Morgan fingerprint density at radius 2 is 1.76 bits per heavy atom. The lowest BCUT2D eigenvalue weighted by Crippen LogP contribution is -2.32. The van der Waals surface area contributed by atoms with Crippen molar-refractivity contribution in [3.8, 4) is 11.5 Å². The molecule has 1 amide bonds. The van der Waals surface area contributed by atoms with Crippen LogP contribution in [-0.2, 0) is 11.2 Å². The van der Waals surface area contributed by atoms with Crippen LogP contribution in [0.1, 0.15) is 39.7 Å². The minimum Gasteiger partial charge on any atom is -0.506 e. The van der Waals surface area contributed by atoms with Gasteiger partial charge >= 0.3 is 0 Å². The summed E-state index contributed by atoms with van der Waals surface area (Å²) >= 11 is 0. The monoisotopic (exact) mass is 341 g/mol. The Hall–Kier alpha value is -2.49. The molecule has 2 aromatic rings. The number of phenolic OH excluding ortho intramolecular Hbond substituents is 1. The van der Waals surface area contributed by atoms with E-state index in [2.05, 4.69) is 26.1 Å². The van der Waals surface area contributed by atoms with Crippen molar-refractivity contribution in [2.24, 2.45) is 5.41 Å². The molecule has 0 radical (unpaired) electrons. The summed E-state index contributed by atoms with van der Waals surface area (Å²) in [6.07, 6.45) is 0.898. The molecule has 2 N–H and O–H groups in total. The van der Waals surface area contributed by atoms with E-state index in [0.717, 1.165) is 6.42 Å². The number of ether oxygens (including phenoxy) is 1. The van der Waals surface area contributed by atoms with E-state index in [1.165, 1.54) is 11.6 Å². The van der Waals surface area contributed by atoms with Gasteiger partial charge in [0.2, 0.25) is 0 Å². The Balaban J connectivity index is 2.01. The zero-order valence-electron chi connectivity index (χ0n) is 15.4. The number of benzene rings is 2. The van der Waals surface area contributed by atoms with E-state index < -0.39 is 6.10 Å². The Kier molecular flexibility index (Phi) is 6.07. The van der Waals surface area contributed by atoms with E-state index in [0.29, 0.717) is 17.9 Å². The van der Waals surface area contributed by atoms with Gasteiger partial charge in [0.1, 0.15) is 11.5 Å². The standard InChI is InChI=1S/C21H27NO3/c1-5-19(20(24)22-17-8-6-7-9-18(17)23)25-16-12-10-15(11-13-16)14-21(2,3)4/h6-13,19,23H,5,14H2,1-4H3,(H,22,24). The number of carbonyl (C=O) groups is 1. The number of hydrogen-bond donors (Lipinski definition) is 2. The van der Waals surface area contributed by atoms with Gasteiger partial charge in [0.25, 0.3) is 5.91 Å². The molecule has 0 aromatic heterocycles. The predicted octanol–water partition coefficient (Wildman–Crippen LogP) is 4.78. The molecular weight excluding hydrogens is 314 g/mol. The molecule has 0 saturated carbocycles. The third-order valence-electron chi connectivity index (χ3n) is 3.76. The molecule has 134 valence electrons. The van der Waals surface area contributed by atoms with Gasteiger partial charge < -0.3 is 15.2 Å². The quantitative estimate of drug-likeness (QED) is 0.744. The number of amides is 1. The van der Waals surface area contributed by atoms with E-state index in [9.17, 15) is 9.90 Å². The average molecular weight is 341 g/mol. The van der Waals surface area contributed by atoms with Crippen molar-refractivity contribution in [3.05, 3.63) is 54.1 Å². The summed E-state index contributed by atoms with van der Waals surface area (Å²) in [7, 11) is 0. The van der Waals surface area contributed by atoms with Crippen molar-refractivity contribution >= 4 is 11.6 Å². The van der Waals surface area contributed by atoms with Gasteiger partial charge in [-0.25, -0.2) is 0 Å². The van der Waals surface area contributed by atoms with Crippen molar-refractivity contribution in [3.63, 3.8) is 0 Å². The van der Waals surface area contributed by atoms with E-state index in [4.69, 9.17) is 4.74 Å². The fourth-order valence-corrected chi connectivity index (χ4v) is 2.58. The first-order valence-corrected chi connectivity index (χ1v) is 8.63. The second-order valence-corrected chi connectivity index (χ2v) is 7.40. The Labute approximate surface area is 149 Å². The molecule has 4 nitrogen and oxygen atoms in total. The van der Waals surface area contributed by atoms with Gasteiger partial charge in [0.05, 0.1) is 5.69 Å². The summed E-state index contributed by atoms with van der Waals surface area (Å²) in [5.41, 5.74) is 1.85. The summed E-state index contributed by atoms with van der Waals surface area (Å²) < 4.78 is 5.83. The molecule has 0 saturated heterocycles. The van der Waals surface area contributed by atoms with Crippen molar-refractivity contribution < 1.29 is 14.6 Å². The molecule has 4 heteroatoms. The largest absolute Gasteiger partial charge is 0.506 e. The van der Waals surface area contributed by atoms with Crippen LogP contribution < -0.4 is 10.1 Å². The van der Waals surface area contributed by atoms with Crippen LogP contribution >= 0.6 is 0 Å². The maximum absolute atomic E-state index is 12.4. The van der Waals surface area contributed by atoms with Crippen LogP contribution in [0.4, 0.5) is 5.69 Å². The van der Waals surface area contributed by atoms with Gasteiger partial charge in [-0.1, -0.05) is 52.0 Å². The third-order valence-corrected chi connectivity index (χ3v) is 3.76. The summed E-state index contributed by atoms with van der Waals surface area (Å²) in [4.78, 5) is 12.4. The highest BCUT2D eigenvalue weighted by Crippen LogP contribution is 2.24. The fraction of sp³-hybridized carbons (Fsp3) is 0.381. The Morgan fingerprint density at radius 1 is 1.12 bits per heavy atom. The number of hydrogen-bond acceptors (Lipinski definition) is 3. The molecule has 0 heterocycles. The van der Waals surface area contributed by atoms with E-state index in [1.807, 2.05) is 31.2 Å². The first-order chi connectivity index (χ1) is 11.8. The van der Waals surface area contributed by atoms with Crippen LogP contribution in [-0.4, -0.2) is 17.1 Å². The van der Waals surface area contributed by atoms with Crippen molar-refractivity contribution in [1.82, 2.24) is 0 Å². The smallest absolute Gasteiger partial charge is 0.265 e. The van der Waals surface area contributed by atoms with Gasteiger partial charge in [-0.15, -0.1) is 0 Å². The molecule has 2 rings (SSSR count). The number of carbonyl (C=O) groups excluding carboxylic acids is 1. The number of rotatable bonds is 6. The lowest BCUT2D eigenvalue weighted by atomic mass is 9.88. The predicted molar refractivity (Wildman–Crippen MR) is 101 cm³/mol. The minimum absolute atomic E-state index is 0.0391. The average Bonchev–Trinajstić information content (AvgIpc) is 2.54. The number of phenols is 1. The van der Waals surface area contributed by atoms with Gasteiger partial charge in [-0.2, -0.15) is 0 Å². The van der Waals surface area contributed by atoms with Crippen molar-refractivity contribution in [1.29, 1.82) is 0 Å². The molecule has 1 atom stereocenters. The molecule has 0 aliphatic rings. The summed E-state index contributed by atoms with van der Waals surface area (Å²) in [6, 6.07) is 14.5. The van der Waals surface area contributed by atoms with E-state index in [-0.39, 0.29) is 17.1 Å².